The molecule has 2 heterocycles. The average Bonchev–Trinajstić information content (AvgIpc) is 3.09. The van der Waals surface area contributed by atoms with Gasteiger partial charge in [-0.1, -0.05) is 25.7 Å². The minimum Gasteiger partial charge on any atom is -0.494 e. The zero-order valence-corrected chi connectivity index (χ0v) is 20.7. The minimum atomic E-state index is -1.25. The molecule has 1 aliphatic carbocycles. The summed E-state index contributed by atoms with van der Waals surface area (Å²) < 4.78 is 12.1. The number of carbonyl (C=O) groups excluding carboxylic acids is 3. The molecule has 9 heteroatoms. The van der Waals surface area contributed by atoms with Crippen molar-refractivity contribution in [2.75, 3.05) is 18.1 Å². The van der Waals surface area contributed by atoms with E-state index in [0.29, 0.717) is 18.0 Å². The van der Waals surface area contributed by atoms with Gasteiger partial charge in [-0.25, -0.2) is 4.79 Å². The van der Waals surface area contributed by atoms with E-state index in [-0.39, 0.29) is 36.5 Å². The first-order chi connectivity index (χ1) is 16.9. The molecule has 1 N–H and O–H groups in total. The fourth-order valence-corrected chi connectivity index (χ4v) is 4.91. The Hall–Kier alpha value is -3.36. The predicted molar refractivity (Wildman–Crippen MR) is 131 cm³/mol. The number of hydrogen-bond donors (Lipinski definition) is 1. The summed E-state index contributed by atoms with van der Waals surface area (Å²) in [6.07, 6.45) is 6.36. The average molecular weight is 483 g/mol. The lowest BCUT2D eigenvalue weighted by molar-refractivity contribution is -0.127. The van der Waals surface area contributed by atoms with Crippen LogP contribution in [0.3, 0.4) is 0 Å². The van der Waals surface area contributed by atoms with E-state index in [0.717, 1.165) is 25.7 Å². The van der Waals surface area contributed by atoms with E-state index >= 15 is 0 Å². The van der Waals surface area contributed by atoms with Crippen LogP contribution in [0.4, 0.5) is 5.69 Å². The maximum absolute atomic E-state index is 13.8. The Morgan fingerprint density at radius 1 is 1.09 bits per heavy atom. The van der Waals surface area contributed by atoms with Gasteiger partial charge < -0.3 is 14.8 Å². The quantitative estimate of drug-likeness (QED) is 0.477. The summed E-state index contributed by atoms with van der Waals surface area (Å²) in [6.45, 7) is 6.20. The number of hydrogen-bond acceptors (Lipinski definition) is 6. The van der Waals surface area contributed by atoms with Gasteiger partial charge in [0.05, 0.1) is 19.8 Å². The van der Waals surface area contributed by atoms with Crippen LogP contribution in [0.15, 0.2) is 30.3 Å². The van der Waals surface area contributed by atoms with Crippen LogP contribution in [-0.2, 0) is 16.1 Å². The maximum atomic E-state index is 13.8. The van der Waals surface area contributed by atoms with Crippen LogP contribution in [-0.4, -0.2) is 52.4 Å². The Bertz CT molecular complexity index is 1070. The van der Waals surface area contributed by atoms with Crippen LogP contribution in [0.5, 0.6) is 5.75 Å². The summed E-state index contributed by atoms with van der Waals surface area (Å²) in [5.41, 5.74) is -0.388. The number of fused-ring (bicyclic) bond motifs is 1. The van der Waals surface area contributed by atoms with Crippen LogP contribution in [0.2, 0.25) is 0 Å². The largest absolute Gasteiger partial charge is 0.494 e. The monoisotopic (exact) mass is 482 g/mol. The molecule has 35 heavy (non-hydrogen) atoms. The van der Waals surface area contributed by atoms with Gasteiger partial charge in [0.2, 0.25) is 5.91 Å². The number of rotatable bonds is 7. The van der Waals surface area contributed by atoms with Gasteiger partial charge in [-0.15, -0.1) is 0 Å². The lowest BCUT2D eigenvalue weighted by Gasteiger charge is -2.43. The molecular formula is C26H34N4O5. The van der Waals surface area contributed by atoms with E-state index in [4.69, 9.17) is 9.47 Å². The highest BCUT2D eigenvalue weighted by Gasteiger charge is 2.49. The molecule has 2 amide bonds. The highest BCUT2D eigenvalue weighted by Crippen LogP contribution is 2.34. The molecule has 2 aromatic rings. The molecule has 1 aromatic carbocycles. The van der Waals surface area contributed by atoms with Crippen molar-refractivity contribution >= 4 is 23.5 Å². The molecule has 0 unspecified atom stereocenters. The normalized spacial score (nSPS) is 20.7. The Kier molecular flexibility index (Phi) is 7.42. The SMILES string of the molecule is CCOC(=O)c1cc2n(n1)C[C@@](C)(C(=O)NC1CCCCCC1)N(c1ccc(OCC)cc1)C2=O. The van der Waals surface area contributed by atoms with E-state index in [1.807, 2.05) is 6.92 Å². The Morgan fingerprint density at radius 3 is 2.40 bits per heavy atom. The second kappa shape index (κ2) is 10.5. The molecule has 0 saturated heterocycles. The van der Waals surface area contributed by atoms with E-state index in [2.05, 4.69) is 10.4 Å². The molecule has 0 radical (unpaired) electrons. The van der Waals surface area contributed by atoms with Crippen LogP contribution >= 0.6 is 0 Å². The van der Waals surface area contributed by atoms with Crippen molar-refractivity contribution in [3.8, 4) is 5.75 Å². The smallest absolute Gasteiger partial charge is 0.358 e. The zero-order chi connectivity index (χ0) is 25.0. The number of esters is 1. The molecule has 1 aliphatic heterocycles. The molecule has 2 aliphatic rings. The number of benzene rings is 1. The number of aromatic nitrogens is 2. The highest BCUT2D eigenvalue weighted by atomic mass is 16.5. The van der Waals surface area contributed by atoms with E-state index in [1.54, 1.807) is 38.1 Å². The highest BCUT2D eigenvalue weighted by molar-refractivity contribution is 6.12. The fourth-order valence-electron chi connectivity index (χ4n) is 4.91. The third-order valence-corrected chi connectivity index (χ3v) is 6.72. The third kappa shape index (κ3) is 5.04. The number of nitrogens with zero attached hydrogens (tertiary/aromatic N) is 3. The standard InChI is InChI=1S/C26H34N4O5/c1-4-34-20-14-12-19(13-15-20)30-23(31)22-16-21(24(32)35-5-2)28-29(22)17-26(30,3)25(33)27-18-10-8-6-7-9-11-18/h12-16,18H,4-11,17H2,1-3H3,(H,27,33)/t26-/m0/s1. The molecule has 9 nitrogen and oxygen atoms in total. The van der Waals surface area contributed by atoms with Gasteiger partial charge in [-0.3, -0.25) is 19.2 Å². The van der Waals surface area contributed by atoms with Crippen LogP contribution in [0.1, 0.15) is 80.3 Å². The van der Waals surface area contributed by atoms with Crippen molar-refractivity contribution in [3.05, 3.63) is 41.7 Å². The second-order valence-corrected chi connectivity index (χ2v) is 9.30. The topological polar surface area (TPSA) is 103 Å². The van der Waals surface area contributed by atoms with Gasteiger partial charge in [-0.05, 0) is 57.9 Å². The summed E-state index contributed by atoms with van der Waals surface area (Å²) in [4.78, 5) is 41.4. The summed E-state index contributed by atoms with van der Waals surface area (Å²) in [5, 5.41) is 7.53. The van der Waals surface area contributed by atoms with Crippen molar-refractivity contribution in [2.24, 2.45) is 0 Å². The second-order valence-electron chi connectivity index (χ2n) is 9.30. The number of anilines is 1. The summed E-state index contributed by atoms with van der Waals surface area (Å²) in [6, 6.07) is 8.63. The van der Waals surface area contributed by atoms with Gasteiger partial charge in [0.1, 0.15) is 17.0 Å². The van der Waals surface area contributed by atoms with Crippen LogP contribution < -0.4 is 15.0 Å². The van der Waals surface area contributed by atoms with E-state index < -0.39 is 17.4 Å². The third-order valence-electron chi connectivity index (χ3n) is 6.72. The van der Waals surface area contributed by atoms with Crippen LogP contribution in [0, 0.1) is 0 Å². The van der Waals surface area contributed by atoms with Gasteiger partial charge in [0.25, 0.3) is 5.91 Å². The lowest BCUT2D eigenvalue weighted by Crippen LogP contribution is -2.65. The van der Waals surface area contributed by atoms with Gasteiger partial charge in [0.15, 0.2) is 5.69 Å². The maximum Gasteiger partial charge on any atom is 0.358 e. The Morgan fingerprint density at radius 2 is 1.77 bits per heavy atom. The van der Waals surface area contributed by atoms with E-state index in [9.17, 15) is 14.4 Å². The van der Waals surface area contributed by atoms with Crippen LogP contribution in [0.25, 0.3) is 0 Å². The number of ether oxygens (including phenoxy) is 2. The number of carbonyl (C=O) groups is 3. The molecule has 1 aromatic heterocycles. The number of nitrogens with one attached hydrogen (secondary N) is 1. The first-order valence-electron chi connectivity index (χ1n) is 12.5. The summed E-state index contributed by atoms with van der Waals surface area (Å²) in [7, 11) is 0. The van der Waals surface area contributed by atoms with Crippen molar-refractivity contribution in [3.63, 3.8) is 0 Å². The minimum absolute atomic E-state index is 0.0512. The Labute approximate surface area is 205 Å². The van der Waals surface area contributed by atoms with Crippen molar-refractivity contribution in [2.45, 2.75) is 77.4 Å². The molecule has 4 rings (SSSR count). The van der Waals surface area contributed by atoms with Gasteiger partial charge in [0, 0.05) is 17.8 Å². The summed E-state index contributed by atoms with van der Waals surface area (Å²) >= 11 is 0. The van der Waals surface area contributed by atoms with Gasteiger partial charge in [-0.2, -0.15) is 5.10 Å². The van der Waals surface area contributed by atoms with E-state index in [1.165, 1.54) is 28.5 Å². The predicted octanol–water partition coefficient (Wildman–Crippen LogP) is 3.72. The Balaban J connectivity index is 1.71. The van der Waals surface area contributed by atoms with Crippen molar-refractivity contribution < 1.29 is 23.9 Å². The molecule has 1 fully saturated rings. The summed E-state index contributed by atoms with van der Waals surface area (Å²) in [5.74, 6) is -0.549. The van der Waals surface area contributed by atoms with Crippen molar-refractivity contribution in [1.29, 1.82) is 0 Å². The molecule has 188 valence electrons. The first kappa shape index (κ1) is 24.8. The first-order valence-corrected chi connectivity index (χ1v) is 12.5. The number of amides is 2. The van der Waals surface area contributed by atoms with Gasteiger partial charge >= 0.3 is 5.97 Å². The fraction of sp³-hybridized carbons (Fsp3) is 0.538. The molecule has 0 bridgehead atoms. The molecular weight excluding hydrogens is 448 g/mol. The van der Waals surface area contributed by atoms with Crippen molar-refractivity contribution in [1.82, 2.24) is 15.1 Å². The zero-order valence-electron chi connectivity index (χ0n) is 20.7. The lowest BCUT2D eigenvalue weighted by atomic mass is 9.93. The molecule has 1 saturated carbocycles. The molecule has 1 atom stereocenters. The molecule has 0 spiro atoms.